The first-order valence-electron chi connectivity index (χ1n) is 6.42. The van der Waals surface area contributed by atoms with Crippen molar-refractivity contribution in [2.45, 2.75) is 20.4 Å². The minimum Gasteiger partial charge on any atom is -0.360 e. The summed E-state index contributed by atoms with van der Waals surface area (Å²) < 4.78 is 4.86. The van der Waals surface area contributed by atoms with Crippen LogP contribution in [0.4, 0.5) is 5.82 Å². The zero-order valence-corrected chi connectivity index (χ0v) is 11.9. The van der Waals surface area contributed by atoms with Crippen LogP contribution < -0.4 is 5.32 Å². The van der Waals surface area contributed by atoms with Gasteiger partial charge in [0.1, 0.15) is 12.3 Å². The number of aryl methyl sites for hydroxylation is 1. The van der Waals surface area contributed by atoms with Crippen molar-refractivity contribution in [3.63, 3.8) is 0 Å². The summed E-state index contributed by atoms with van der Waals surface area (Å²) in [6, 6.07) is 5.21. The summed E-state index contributed by atoms with van der Waals surface area (Å²) >= 11 is 0. The number of pyridine rings is 1. The van der Waals surface area contributed by atoms with Crippen LogP contribution in [0.15, 0.2) is 35.1 Å². The van der Waals surface area contributed by atoms with Crippen molar-refractivity contribution in [2.24, 2.45) is 0 Å². The van der Waals surface area contributed by atoms with E-state index >= 15 is 0 Å². The van der Waals surface area contributed by atoms with Crippen LogP contribution in [-0.4, -0.2) is 33.4 Å². The first kappa shape index (κ1) is 14.7. The summed E-state index contributed by atoms with van der Waals surface area (Å²) in [5, 5.41) is 6.26. The molecule has 2 amide bonds. The van der Waals surface area contributed by atoms with Crippen molar-refractivity contribution in [3.8, 4) is 0 Å². The van der Waals surface area contributed by atoms with Crippen LogP contribution in [0.1, 0.15) is 18.2 Å². The molecule has 0 saturated heterocycles. The van der Waals surface area contributed by atoms with Crippen LogP contribution in [0.2, 0.25) is 0 Å². The number of carbonyl (C=O) groups excluding carboxylic acids is 2. The maximum absolute atomic E-state index is 11.9. The van der Waals surface area contributed by atoms with E-state index in [1.54, 1.807) is 37.5 Å². The van der Waals surface area contributed by atoms with Gasteiger partial charge in [-0.3, -0.25) is 14.6 Å². The number of amides is 2. The summed E-state index contributed by atoms with van der Waals surface area (Å²) in [5.74, 6) is 0.432. The summed E-state index contributed by atoms with van der Waals surface area (Å²) in [5.41, 5.74) is 0.908. The average molecular weight is 288 g/mol. The summed E-state index contributed by atoms with van der Waals surface area (Å²) in [4.78, 5) is 28.9. The standard InChI is InChI=1S/C14H16N4O3/c1-10-7-13(17-21-10)16-14(20)9-18(11(2)19)8-12-3-5-15-6-4-12/h3-7H,8-9H2,1-2H3,(H,16,17,20). The van der Waals surface area contributed by atoms with Crippen LogP contribution in [0.3, 0.4) is 0 Å². The molecule has 0 fully saturated rings. The molecule has 0 radical (unpaired) electrons. The van der Waals surface area contributed by atoms with Crippen molar-refractivity contribution in [1.29, 1.82) is 0 Å². The fourth-order valence-corrected chi connectivity index (χ4v) is 1.77. The number of carbonyl (C=O) groups is 2. The summed E-state index contributed by atoms with van der Waals surface area (Å²) in [6.07, 6.45) is 3.29. The van der Waals surface area contributed by atoms with Gasteiger partial charge in [0.25, 0.3) is 0 Å². The lowest BCUT2D eigenvalue weighted by atomic mass is 10.2. The second kappa shape index (κ2) is 6.65. The van der Waals surface area contributed by atoms with Gasteiger partial charge in [-0.2, -0.15) is 0 Å². The molecule has 21 heavy (non-hydrogen) atoms. The Morgan fingerprint density at radius 3 is 2.62 bits per heavy atom. The highest BCUT2D eigenvalue weighted by Gasteiger charge is 2.15. The van der Waals surface area contributed by atoms with E-state index in [-0.39, 0.29) is 18.4 Å². The van der Waals surface area contributed by atoms with E-state index in [1.165, 1.54) is 11.8 Å². The molecule has 0 atom stereocenters. The molecule has 7 heteroatoms. The Morgan fingerprint density at radius 1 is 1.33 bits per heavy atom. The van der Waals surface area contributed by atoms with Gasteiger partial charge in [0.05, 0.1) is 0 Å². The highest BCUT2D eigenvalue weighted by atomic mass is 16.5. The lowest BCUT2D eigenvalue weighted by Crippen LogP contribution is -2.36. The molecule has 2 heterocycles. The Bertz CT molecular complexity index is 624. The predicted octanol–water partition coefficient (Wildman–Crippen LogP) is 1.37. The number of hydrogen-bond donors (Lipinski definition) is 1. The zero-order chi connectivity index (χ0) is 15.2. The monoisotopic (exact) mass is 288 g/mol. The third kappa shape index (κ3) is 4.41. The number of rotatable bonds is 5. The maximum atomic E-state index is 11.9. The average Bonchev–Trinajstić information content (AvgIpc) is 2.84. The number of hydrogen-bond acceptors (Lipinski definition) is 5. The van der Waals surface area contributed by atoms with E-state index in [1.807, 2.05) is 0 Å². The third-order valence-electron chi connectivity index (χ3n) is 2.80. The number of nitrogens with one attached hydrogen (secondary N) is 1. The van der Waals surface area contributed by atoms with E-state index < -0.39 is 0 Å². The second-order valence-corrected chi connectivity index (χ2v) is 4.60. The van der Waals surface area contributed by atoms with Gasteiger partial charge < -0.3 is 14.7 Å². The molecule has 2 aromatic rings. The van der Waals surface area contributed by atoms with E-state index in [4.69, 9.17) is 4.52 Å². The Balaban J connectivity index is 1.96. The Kier molecular flexibility index (Phi) is 4.65. The highest BCUT2D eigenvalue weighted by Crippen LogP contribution is 2.08. The van der Waals surface area contributed by atoms with Crippen LogP contribution >= 0.6 is 0 Å². The van der Waals surface area contributed by atoms with E-state index in [0.717, 1.165) is 5.56 Å². The Labute approximate surface area is 121 Å². The molecule has 7 nitrogen and oxygen atoms in total. The molecule has 0 aliphatic heterocycles. The van der Waals surface area contributed by atoms with Crippen LogP contribution in [0.25, 0.3) is 0 Å². The largest absolute Gasteiger partial charge is 0.360 e. The molecule has 2 aromatic heterocycles. The first-order valence-corrected chi connectivity index (χ1v) is 6.42. The minimum absolute atomic E-state index is 0.0520. The lowest BCUT2D eigenvalue weighted by Gasteiger charge is -2.20. The van der Waals surface area contributed by atoms with Gasteiger partial charge >= 0.3 is 0 Å². The molecule has 0 bridgehead atoms. The fraction of sp³-hybridized carbons (Fsp3) is 0.286. The van der Waals surface area contributed by atoms with Crippen LogP contribution in [0, 0.1) is 6.92 Å². The topological polar surface area (TPSA) is 88.3 Å². The molecule has 0 spiro atoms. The summed E-state index contributed by atoms with van der Waals surface area (Å²) in [6.45, 7) is 3.45. The SMILES string of the molecule is CC(=O)N(CC(=O)Nc1cc(C)on1)Cc1ccncc1. The van der Waals surface area contributed by atoms with Gasteiger partial charge in [0.15, 0.2) is 5.82 Å². The van der Waals surface area contributed by atoms with Crippen molar-refractivity contribution < 1.29 is 14.1 Å². The first-order chi connectivity index (χ1) is 10.0. The van der Waals surface area contributed by atoms with Crippen LogP contribution in [-0.2, 0) is 16.1 Å². The van der Waals surface area contributed by atoms with Gasteiger partial charge in [0.2, 0.25) is 11.8 Å². The Hall–Kier alpha value is -2.70. The molecular weight excluding hydrogens is 272 g/mol. The van der Waals surface area contributed by atoms with Gasteiger partial charge in [-0.15, -0.1) is 0 Å². The molecular formula is C14H16N4O3. The predicted molar refractivity (Wildman–Crippen MR) is 75.2 cm³/mol. The van der Waals surface area contributed by atoms with Gasteiger partial charge in [-0.25, -0.2) is 0 Å². The highest BCUT2D eigenvalue weighted by molar-refractivity contribution is 5.93. The zero-order valence-electron chi connectivity index (χ0n) is 11.9. The maximum Gasteiger partial charge on any atom is 0.245 e. The van der Waals surface area contributed by atoms with E-state index in [2.05, 4.69) is 15.5 Å². The van der Waals surface area contributed by atoms with Crippen molar-refractivity contribution in [3.05, 3.63) is 41.9 Å². The normalized spacial score (nSPS) is 10.2. The molecule has 0 saturated carbocycles. The lowest BCUT2D eigenvalue weighted by molar-refractivity contribution is -0.133. The van der Waals surface area contributed by atoms with E-state index in [9.17, 15) is 9.59 Å². The molecule has 0 unspecified atom stereocenters. The quantitative estimate of drug-likeness (QED) is 0.897. The number of aromatic nitrogens is 2. The molecule has 0 aliphatic rings. The molecule has 2 rings (SSSR count). The summed E-state index contributed by atoms with van der Waals surface area (Å²) in [7, 11) is 0. The van der Waals surface area contributed by atoms with Crippen molar-refractivity contribution in [2.75, 3.05) is 11.9 Å². The van der Waals surface area contributed by atoms with Gasteiger partial charge in [-0.05, 0) is 24.6 Å². The fourth-order valence-electron chi connectivity index (χ4n) is 1.77. The molecule has 0 aliphatic carbocycles. The van der Waals surface area contributed by atoms with Crippen molar-refractivity contribution >= 4 is 17.6 Å². The van der Waals surface area contributed by atoms with Gasteiger partial charge in [0, 0.05) is 31.9 Å². The van der Waals surface area contributed by atoms with Crippen LogP contribution in [0.5, 0.6) is 0 Å². The Morgan fingerprint density at radius 2 is 2.05 bits per heavy atom. The molecule has 110 valence electrons. The number of anilines is 1. The smallest absolute Gasteiger partial charge is 0.245 e. The van der Waals surface area contributed by atoms with Crippen molar-refractivity contribution in [1.82, 2.24) is 15.0 Å². The second-order valence-electron chi connectivity index (χ2n) is 4.60. The number of nitrogens with zero attached hydrogens (tertiary/aromatic N) is 3. The van der Waals surface area contributed by atoms with Gasteiger partial charge in [-0.1, -0.05) is 5.16 Å². The molecule has 1 N–H and O–H groups in total. The third-order valence-corrected chi connectivity index (χ3v) is 2.80. The molecule has 0 aromatic carbocycles. The minimum atomic E-state index is -0.326. The van der Waals surface area contributed by atoms with E-state index in [0.29, 0.717) is 18.1 Å².